The molecule has 1 unspecified atom stereocenters. The van der Waals surface area contributed by atoms with Crippen LogP contribution in [0.25, 0.3) is 5.52 Å². The highest BCUT2D eigenvalue weighted by Crippen LogP contribution is 2.25. The fourth-order valence-corrected chi connectivity index (χ4v) is 3.05. The van der Waals surface area contributed by atoms with E-state index in [1.807, 2.05) is 42.6 Å². The van der Waals surface area contributed by atoms with Gasteiger partial charge in [0.2, 0.25) is 0 Å². The fourth-order valence-electron chi connectivity index (χ4n) is 3.05. The first-order valence-corrected chi connectivity index (χ1v) is 8.13. The third-order valence-corrected chi connectivity index (χ3v) is 4.09. The summed E-state index contributed by atoms with van der Waals surface area (Å²) < 4.78 is 7.46. The monoisotopic (exact) mass is 303 g/mol. The Morgan fingerprint density at radius 2 is 2.23 bits per heavy atom. The van der Waals surface area contributed by atoms with Gasteiger partial charge < -0.3 is 14.2 Å². The lowest BCUT2D eigenvalue weighted by Crippen LogP contribution is -2.06. The summed E-state index contributed by atoms with van der Waals surface area (Å²) in [6.45, 7) is 7.65. The molecule has 1 fully saturated rings. The van der Waals surface area contributed by atoms with Gasteiger partial charge in [-0.2, -0.15) is 0 Å². The lowest BCUT2D eigenvalue weighted by molar-refractivity contribution is 0.0699. The summed E-state index contributed by atoms with van der Waals surface area (Å²) in [5, 5.41) is 9.44. The van der Waals surface area contributed by atoms with Gasteiger partial charge in [-0.25, -0.2) is 4.79 Å². The molecule has 120 valence electrons. The Hall–Kier alpha value is -1.81. The molecule has 0 spiro atoms. The van der Waals surface area contributed by atoms with Crippen molar-refractivity contribution in [2.45, 2.75) is 40.0 Å². The van der Waals surface area contributed by atoms with E-state index in [1.54, 1.807) is 0 Å². The lowest BCUT2D eigenvalue weighted by atomic mass is 10.0. The first-order chi connectivity index (χ1) is 10.7. The highest BCUT2D eigenvalue weighted by molar-refractivity contribution is 5.97. The number of aromatic nitrogens is 1. The SMILES string of the molecule is CC.CCc1cccn2c(CC3CCOC3)cc(C(=O)O)c12. The van der Waals surface area contributed by atoms with Crippen molar-refractivity contribution in [3.05, 3.63) is 41.2 Å². The van der Waals surface area contributed by atoms with Gasteiger partial charge in [-0.3, -0.25) is 0 Å². The topological polar surface area (TPSA) is 50.9 Å². The summed E-state index contributed by atoms with van der Waals surface area (Å²) in [4.78, 5) is 11.5. The zero-order valence-corrected chi connectivity index (χ0v) is 13.6. The van der Waals surface area contributed by atoms with Crippen molar-refractivity contribution in [3.63, 3.8) is 0 Å². The molecule has 0 aliphatic carbocycles. The Morgan fingerprint density at radius 1 is 1.45 bits per heavy atom. The van der Waals surface area contributed by atoms with Gasteiger partial charge in [-0.15, -0.1) is 0 Å². The zero-order valence-electron chi connectivity index (χ0n) is 13.6. The first-order valence-electron chi connectivity index (χ1n) is 8.13. The Morgan fingerprint density at radius 3 is 2.82 bits per heavy atom. The van der Waals surface area contributed by atoms with Crippen molar-refractivity contribution in [3.8, 4) is 0 Å². The molecule has 0 bridgehead atoms. The first kappa shape index (κ1) is 16.6. The van der Waals surface area contributed by atoms with Gasteiger partial charge in [0.1, 0.15) is 0 Å². The standard InChI is InChI=1S/C16H19NO3.C2H6/c1-2-12-4-3-6-17-13(8-11-5-7-20-10-11)9-14(15(12)17)16(18)19;1-2/h3-4,6,9,11H,2,5,7-8,10H2,1H3,(H,18,19);1-2H3. The predicted molar refractivity (Wildman–Crippen MR) is 87.7 cm³/mol. The summed E-state index contributed by atoms with van der Waals surface area (Å²) in [7, 11) is 0. The highest BCUT2D eigenvalue weighted by Gasteiger charge is 2.21. The van der Waals surface area contributed by atoms with E-state index in [9.17, 15) is 9.90 Å². The van der Waals surface area contributed by atoms with E-state index >= 15 is 0 Å². The zero-order chi connectivity index (χ0) is 16.1. The van der Waals surface area contributed by atoms with Crippen LogP contribution >= 0.6 is 0 Å². The molecule has 4 heteroatoms. The van der Waals surface area contributed by atoms with Crippen molar-refractivity contribution < 1.29 is 14.6 Å². The third kappa shape index (κ3) is 3.17. The van der Waals surface area contributed by atoms with Crippen LogP contribution in [0.2, 0.25) is 0 Å². The van der Waals surface area contributed by atoms with Crippen LogP contribution in [-0.2, 0) is 17.6 Å². The normalized spacial score (nSPS) is 17.3. The van der Waals surface area contributed by atoms with Crippen LogP contribution < -0.4 is 0 Å². The van der Waals surface area contributed by atoms with Crippen molar-refractivity contribution in [2.24, 2.45) is 5.92 Å². The van der Waals surface area contributed by atoms with E-state index in [-0.39, 0.29) is 0 Å². The van der Waals surface area contributed by atoms with Crippen LogP contribution in [0, 0.1) is 5.92 Å². The quantitative estimate of drug-likeness (QED) is 0.934. The molecule has 0 aromatic carbocycles. The molecular weight excluding hydrogens is 278 g/mol. The average Bonchev–Trinajstić information content (AvgIpc) is 3.18. The van der Waals surface area contributed by atoms with Gasteiger partial charge in [0.15, 0.2) is 0 Å². The van der Waals surface area contributed by atoms with Crippen LogP contribution in [-0.4, -0.2) is 28.7 Å². The molecule has 1 aliphatic heterocycles. The molecule has 1 saturated heterocycles. The molecule has 0 radical (unpaired) electrons. The maximum atomic E-state index is 11.5. The van der Waals surface area contributed by atoms with E-state index in [0.29, 0.717) is 11.5 Å². The van der Waals surface area contributed by atoms with Crippen LogP contribution in [0.4, 0.5) is 0 Å². The number of hydrogen-bond acceptors (Lipinski definition) is 2. The number of rotatable bonds is 4. The van der Waals surface area contributed by atoms with Crippen molar-refractivity contribution in [1.29, 1.82) is 0 Å². The number of carboxylic acid groups (broad SMARTS) is 1. The predicted octanol–water partition coefficient (Wildman–Crippen LogP) is 3.81. The number of aryl methyl sites for hydroxylation is 1. The third-order valence-electron chi connectivity index (χ3n) is 4.09. The van der Waals surface area contributed by atoms with Gasteiger partial charge in [-0.05, 0) is 42.9 Å². The highest BCUT2D eigenvalue weighted by atomic mass is 16.5. The molecule has 1 atom stereocenters. The van der Waals surface area contributed by atoms with Crippen molar-refractivity contribution in [2.75, 3.05) is 13.2 Å². The second kappa shape index (κ2) is 7.45. The minimum absolute atomic E-state index is 0.413. The van der Waals surface area contributed by atoms with Crippen LogP contribution in [0.5, 0.6) is 0 Å². The molecule has 22 heavy (non-hydrogen) atoms. The smallest absolute Gasteiger partial charge is 0.337 e. The molecule has 4 nitrogen and oxygen atoms in total. The number of nitrogens with zero attached hydrogens (tertiary/aromatic N) is 1. The van der Waals surface area contributed by atoms with E-state index in [1.165, 1.54) is 0 Å². The molecule has 2 aromatic rings. The Balaban J connectivity index is 0.000000847. The molecular formula is C18H25NO3. The maximum absolute atomic E-state index is 11.5. The molecule has 1 aliphatic rings. The lowest BCUT2D eigenvalue weighted by Gasteiger charge is -2.09. The molecule has 3 rings (SSSR count). The molecule has 0 amide bonds. The van der Waals surface area contributed by atoms with E-state index in [4.69, 9.17) is 4.74 Å². The van der Waals surface area contributed by atoms with Gasteiger partial charge in [0.05, 0.1) is 11.1 Å². The summed E-state index contributed by atoms with van der Waals surface area (Å²) >= 11 is 0. The molecule has 1 N–H and O–H groups in total. The largest absolute Gasteiger partial charge is 0.478 e. The summed E-state index contributed by atoms with van der Waals surface area (Å²) in [5.41, 5.74) is 3.41. The minimum Gasteiger partial charge on any atom is -0.478 e. The summed E-state index contributed by atoms with van der Waals surface area (Å²) in [6.07, 6.45) is 4.73. The van der Waals surface area contributed by atoms with E-state index in [0.717, 1.165) is 49.3 Å². The van der Waals surface area contributed by atoms with E-state index in [2.05, 4.69) is 6.92 Å². The number of hydrogen-bond donors (Lipinski definition) is 1. The van der Waals surface area contributed by atoms with Gasteiger partial charge in [0, 0.05) is 25.1 Å². The van der Waals surface area contributed by atoms with Crippen molar-refractivity contribution >= 4 is 11.5 Å². The Bertz CT molecular complexity index is 639. The number of fused-ring (bicyclic) bond motifs is 1. The van der Waals surface area contributed by atoms with Gasteiger partial charge in [-0.1, -0.05) is 26.8 Å². The number of ether oxygens (including phenoxy) is 1. The summed E-state index contributed by atoms with van der Waals surface area (Å²) in [6, 6.07) is 5.82. The average molecular weight is 303 g/mol. The fraction of sp³-hybridized carbons (Fsp3) is 0.500. The maximum Gasteiger partial charge on any atom is 0.337 e. The second-order valence-corrected chi connectivity index (χ2v) is 5.39. The van der Waals surface area contributed by atoms with Gasteiger partial charge >= 0.3 is 5.97 Å². The second-order valence-electron chi connectivity index (χ2n) is 5.39. The number of pyridine rings is 1. The molecule has 3 heterocycles. The van der Waals surface area contributed by atoms with E-state index < -0.39 is 5.97 Å². The van der Waals surface area contributed by atoms with Gasteiger partial charge in [0.25, 0.3) is 0 Å². The minimum atomic E-state index is -0.850. The number of carboxylic acids is 1. The van der Waals surface area contributed by atoms with Crippen molar-refractivity contribution in [1.82, 2.24) is 4.40 Å². The van der Waals surface area contributed by atoms with Crippen LogP contribution in [0.3, 0.4) is 0 Å². The molecule has 2 aromatic heterocycles. The number of carbonyl (C=O) groups is 1. The molecule has 0 saturated carbocycles. The number of aromatic carboxylic acids is 1. The van der Waals surface area contributed by atoms with Crippen LogP contribution in [0.1, 0.15) is 48.8 Å². The Labute approximate surface area is 131 Å². The van der Waals surface area contributed by atoms with Crippen LogP contribution in [0.15, 0.2) is 24.4 Å². The Kier molecular flexibility index (Phi) is 5.61. The summed E-state index contributed by atoms with van der Waals surface area (Å²) in [5.74, 6) is -0.350.